The molecule has 1 saturated heterocycles. The number of carbonyl (C=O) groups excluding carboxylic acids is 2. The molecular formula is C35H42N2O3. The summed E-state index contributed by atoms with van der Waals surface area (Å²) in [4.78, 5) is 27.9. The van der Waals surface area contributed by atoms with Crippen molar-refractivity contribution in [1.82, 2.24) is 4.90 Å². The number of nitrogens with zero attached hydrogens (tertiary/aromatic N) is 1. The fourth-order valence-corrected chi connectivity index (χ4v) is 4.94. The minimum atomic E-state index is -0.563. The number of anilines is 1. The van der Waals surface area contributed by atoms with Gasteiger partial charge in [0.1, 0.15) is 11.4 Å². The Hall–Kier alpha value is -3.86. The highest BCUT2D eigenvalue weighted by molar-refractivity contribution is 6.22. The summed E-state index contributed by atoms with van der Waals surface area (Å²) in [7, 11) is 0. The summed E-state index contributed by atoms with van der Waals surface area (Å²) in [5.41, 5.74) is 5.61. The molecule has 5 heteroatoms. The molecule has 0 bridgehead atoms. The Bertz CT molecular complexity index is 1290. The molecule has 0 unspecified atom stereocenters. The Morgan fingerprint density at radius 3 is 2.08 bits per heavy atom. The average molecular weight is 539 g/mol. The van der Waals surface area contributed by atoms with Gasteiger partial charge in [0.05, 0.1) is 0 Å². The molecule has 5 nitrogen and oxygen atoms in total. The summed E-state index contributed by atoms with van der Waals surface area (Å²) in [6, 6.07) is 26.9. The second kappa shape index (κ2) is 13.5. The van der Waals surface area contributed by atoms with Crippen molar-refractivity contribution in [2.75, 3.05) is 18.5 Å². The highest BCUT2D eigenvalue weighted by Gasteiger charge is 2.34. The molecule has 1 heterocycles. The number of unbranched alkanes of at least 4 members (excludes halogenated alkanes) is 4. The number of esters is 1. The largest absolute Gasteiger partial charge is 0.453 e. The van der Waals surface area contributed by atoms with E-state index in [4.69, 9.17) is 4.74 Å². The Kier molecular flexibility index (Phi) is 9.81. The Labute approximate surface area is 239 Å². The monoisotopic (exact) mass is 538 g/mol. The zero-order valence-electron chi connectivity index (χ0n) is 24.3. The minimum Gasteiger partial charge on any atom is -0.453 e. The summed E-state index contributed by atoms with van der Waals surface area (Å²) >= 11 is 0. The average Bonchev–Trinajstić information content (AvgIpc) is 3.29. The number of nitrogens with one attached hydrogen (secondary N) is 1. The molecule has 1 aliphatic heterocycles. The number of cyclic esters (lactones) is 1. The molecule has 40 heavy (non-hydrogen) atoms. The molecule has 1 fully saturated rings. The van der Waals surface area contributed by atoms with Crippen molar-refractivity contribution < 1.29 is 14.3 Å². The third kappa shape index (κ3) is 7.62. The molecule has 3 aromatic carbocycles. The van der Waals surface area contributed by atoms with Crippen LogP contribution in [-0.4, -0.2) is 29.8 Å². The molecule has 0 radical (unpaired) electrons. The van der Waals surface area contributed by atoms with Crippen molar-refractivity contribution in [1.29, 1.82) is 0 Å². The summed E-state index contributed by atoms with van der Waals surface area (Å²) in [5.74, 6) is -0.324. The molecule has 1 aliphatic rings. The first-order valence-corrected chi connectivity index (χ1v) is 14.5. The summed E-state index contributed by atoms with van der Waals surface area (Å²) in [5, 5.41) is 3.45. The Morgan fingerprint density at radius 1 is 0.825 bits per heavy atom. The molecule has 0 aromatic heterocycles. The van der Waals surface area contributed by atoms with Gasteiger partial charge in [-0.2, -0.15) is 0 Å². The van der Waals surface area contributed by atoms with Gasteiger partial charge in [0.25, 0.3) is 0 Å². The van der Waals surface area contributed by atoms with Crippen molar-refractivity contribution in [2.24, 2.45) is 0 Å². The predicted octanol–water partition coefficient (Wildman–Crippen LogP) is 7.87. The standard InChI is InChI=1S/C35H42N2O3/c1-5-6-7-8-12-23-37(24-26-15-19-29(20-16-26)35(2,3)4)33(32-31(38)25-40-34(32)39)36-30-21-17-28(18-22-30)27-13-10-9-11-14-27/h9-11,13-22,36H,5-8,12,23-25H2,1-4H3. The fraction of sp³-hybridized carbons (Fsp3) is 0.371. The van der Waals surface area contributed by atoms with E-state index in [9.17, 15) is 9.59 Å². The van der Waals surface area contributed by atoms with Crippen LogP contribution in [0.4, 0.5) is 5.69 Å². The number of hydrogen-bond donors (Lipinski definition) is 1. The highest BCUT2D eigenvalue weighted by atomic mass is 16.5. The second-order valence-electron chi connectivity index (χ2n) is 11.6. The first kappa shape index (κ1) is 29.1. The Morgan fingerprint density at radius 2 is 1.48 bits per heavy atom. The van der Waals surface area contributed by atoms with Crippen LogP contribution in [0.2, 0.25) is 0 Å². The SMILES string of the molecule is CCCCCCCN(Cc1ccc(C(C)(C)C)cc1)C(Nc1ccc(-c2ccccc2)cc1)=C1C(=O)COC1=O. The molecule has 0 atom stereocenters. The van der Waals surface area contributed by atoms with E-state index in [-0.39, 0.29) is 23.4 Å². The lowest BCUT2D eigenvalue weighted by Gasteiger charge is -2.30. The molecule has 0 saturated carbocycles. The van der Waals surface area contributed by atoms with Gasteiger partial charge in [-0.25, -0.2) is 4.79 Å². The van der Waals surface area contributed by atoms with E-state index >= 15 is 0 Å². The summed E-state index contributed by atoms with van der Waals surface area (Å²) < 4.78 is 5.17. The van der Waals surface area contributed by atoms with Crippen LogP contribution in [0.1, 0.15) is 70.9 Å². The van der Waals surface area contributed by atoms with Gasteiger partial charge in [-0.1, -0.05) is 120 Å². The highest BCUT2D eigenvalue weighted by Crippen LogP contribution is 2.27. The quantitative estimate of drug-likeness (QED) is 0.110. The smallest absolute Gasteiger partial charge is 0.346 e. The van der Waals surface area contributed by atoms with Crippen molar-refractivity contribution >= 4 is 17.4 Å². The van der Waals surface area contributed by atoms with Gasteiger partial charge in [0, 0.05) is 18.8 Å². The number of benzene rings is 3. The van der Waals surface area contributed by atoms with Crippen molar-refractivity contribution in [3.63, 3.8) is 0 Å². The number of ketones is 1. The van der Waals surface area contributed by atoms with Crippen LogP contribution in [0.3, 0.4) is 0 Å². The third-order valence-electron chi connectivity index (χ3n) is 7.35. The van der Waals surface area contributed by atoms with Crippen LogP contribution in [0.5, 0.6) is 0 Å². The van der Waals surface area contributed by atoms with Crippen LogP contribution in [0, 0.1) is 0 Å². The lowest BCUT2D eigenvalue weighted by molar-refractivity contribution is -0.135. The van der Waals surface area contributed by atoms with Crippen LogP contribution in [0.15, 0.2) is 90.3 Å². The minimum absolute atomic E-state index is 0.0676. The van der Waals surface area contributed by atoms with Gasteiger partial charge in [-0.15, -0.1) is 0 Å². The maximum absolute atomic E-state index is 12.9. The van der Waals surface area contributed by atoms with E-state index in [2.05, 4.69) is 86.4 Å². The number of carbonyl (C=O) groups is 2. The van der Waals surface area contributed by atoms with Gasteiger partial charge in [0.2, 0.25) is 5.78 Å². The van der Waals surface area contributed by atoms with E-state index in [1.54, 1.807) is 0 Å². The van der Waals surface area contributed by atoms with Gasteiger partial charge >= 0.3 is 5.97 Å². The normalized spacial score (nSPS) is 14.7. The van der Waals surface area contributed by atoms with Crippen LogP contribution < -0.4 is 5.32 Å². The van der Waals surface area contributed by atoms with Gasteiger partial charge < -0.3 is 15.0 Å². The number of hydrogen-bond acceptors (Lipinski definition) is 5. The fourth-order valence-electron chi connectivity index (χ4n) is 4.94. The predicted molar refractivity (Wildman–Crippen MR) is 163 cm³/mol. The number of rotatable bonds is 12. The first-order valence-electron chi connectivity index (χ1n) is 14.5. The summed E-state index contributed by atoms with van der Waals surface area (Å²) in [6.07, 6.45) is 5.62. The van der Waals surface area contributed by atoms with Gasteiger partial charge in [0.15, 0.2) is 6.61 Å². The topological polar surface area (TPSA) is 58.6 Å². The maximum atomic E-state index is 12.9. The van der Waals surface area contributed by atoms with Gasteiger partial charge in [-0.05, 0) is 46.2 Å². The molecule has 210 valence electrons. The molecule has 0 amide bonds. The lowest BCUT2D eigenvalue weighted by Crippen LogP contribution is -2.31. The second-order valence-corrected chi connectivity index (χ2v) is 11.6. The van der Waals surface area contributed by atoms with E-state index < -0.39 is 5.97 Å². The van der Waals surface area contributed by atoms with Crippen LogP contribution >= 0.6 is 0 Å². The van der Waals surface area contributed by atoms with E-state index in [1.807, 2.05) is 30.3 Å². The zero-order chi connectivity index (χ0) is 28.5. The molecule has 3 aromatic rings. The molecule has 1 N–H and O–H groups in total. The summed E-state index contributed by atoms with van der Waals surface area (Å²) in [6.45, 7) is 9.91. The third-order valence-corrected chi connectivity index (χ3v) is 7.35. The number of ether oxygens (including phenoxy) is 1. The van der Waals surface area contributed by atoms with E-state index in [1.165, 1.54) is 24.8 Å². The molecule has 0 aliphatic carbocycles. The first-order chi connectivity index (χ1) is 19.3. The number of Topliss-reactive ketones (excluding diaryl/α,β-unsaturated/α-hetero) is 1. The molecule has 0 spiro atoms. The van der Waals surface area contributed by atoms with Crippen LogP contribution in [0.25, 0.3) is 11.1 Å². The van der Waals surface area contributed by atoms with Gasteiger partial charge in [-0.3, -0.25) is 4.79 Å². The van der Waals surface area contributed by atoms with Crippen molar-refractivity contribution in [2.45, 2.75) is 71.8 Å². The van der Waals surface area contributed by atoms with E-state index in [0.29, 0.717) is 12.4 Å². The molecule has 4 rings (SSSR count). The molecular weight excluding hydrogens is 496 g/mol. The van der Waals surface area contributed by atoms with Crippen LogP contribution in [-0.2, 0) is 26.3 Å². The van der Waals surface area contributed by atoms with E-state index in [0.717, 1.165) is 41.8 Å². The van der Waals surface area contributed by atoms with Crippen molar-refractivity contribution in [3.8, 4) is 11.1 Å². The van der Waals surface area contributed by atoms with Crippen molar-refractivity contribution in [3.05, 3.63) is 101 Å². The zero-order valence-corrected chi connectivity index (χ0v) is 24.3. The maximum Gasteiger partial charge on any atom is 0.346 e. The lowest BCUT2D eigenvalue weighted by atomic mass is 9.87. The Balaban J connectivity index is 1.65.